The van der Waals surface area contributed by atoms with Crippen LogP contribution in [0.5, 0.6) is 0 Å². The molecule has 0 amide bonds. The van der Waals surface area contributed by atoms with E-state index in [0.717, 1.165) is 31.5 Å². The minimum absolute atomic E-state index is 0.535. The summed E-state index contributed by atoms with van der Waals surface area (Å²) in [6, 6.07) is 4.06. The molecule has 0 bridgehead atoms. The molecule has 100 valence electrons. The number of piperidine rings is 1. The molecular formula is C13H17Cl3N2. The summed E-state index contributed by atoms with van der Waals surface area (Å²) < 4.78 is 0. The highest BCUT2D eigenvalue weighted by molar-refractivity contribution is 6.44. The second-order valence-electron chi connectivity index (χ2n) is 4.78. The van der Waals surface area contributed by atoms with E-state index in [9.17, 15) is 0 Å². The van der Waals surface area contributed by atoms with Crippen LogP contribution in [0.15, 0.2) is 12.1 Å². The van der Waals surface area contributed by atoms with E-state index < -0.39 is 0 Å². The first-order valence-corrected chi connectivity index (χ1v) is 7.25. The van der Waals surface area contributed by atoms with Gasteiger partial charge in [0.25, 0.3) is 0 Å². The highest BCUT2D eigenvalue weighted by atomic mass is 35.5. The first kappa shape index (κ1) is 14.4. The lowest BCUT2D eigenvalue weighted by Gasteiger charge is -2.29. The van der Waals surface area contributed by atoms with Crippen molar-refractivity contribution in [3.63, 3.8) is 0 Å². The van der Waals surface area contributed by atoms with E-state index >= 15 is 0 Å². The highest BCUT2D eigenvalue weighted by Crippen LogP contribution is 2.31. The van der Waals surface area contributed by atoms with E-state index in [-0.39, 0.29) is 0 Å². The van der Waals surface area contributed by atoms with E-state index in [4.69, 9.17) is 34.8 Å². The molecule has 0 saturated carbocycles. The molecular weight excluding hydrogens is 291 g/mol. The van der Waals surface area contributed by atoms with Crippen LogP contribution in [-0.4, -0.2) is 31.1 Å². The normalized spacial score (nSPS) is 18.2. The number of benzene rings is 1. The fourth-order valence-corrected chi connectivity index (χ4v) is 2.87. The Labute approximate surface area is 123 Å². The number of rotatable bonds is 3. The van der Waals surface area contributed by atoms with Crippen LogP contribution < -0.4 is 5.32 Å². The molecule has 0 aromatic heterocycles. The van der Waals surface area contributed by atoms with Crippen LogP contribution in [0.2, 0.25) is 15.1 Å². The predicted octanol–water partition coefficient (Wildman–Crippen LogP) is 3.83. The third kappa shape index (κ3) is 3.52. The number of hydrogen-bond acceptors (Lipinski definition) is 2. The number of likely N-dealkylation sites (tertiary alicyclic amines) is 1. The summed E-state index contributed by atoms with van der Waals surface area (Å²) in [5.41, 5.74) is 0.893. The van der Waals surface area contributed by atoms with Gasteiger partial charge in [0.2, 0.25) is 0 Å². The van der Waals surface area contributed by atoms with Crippen LogP contribution in [0.4, 0.5) is 0 Å². The SMILES string of the molecule is CN1CCC(NCc2c(Cl)ccc(Cl)c2Cl)CC1. The van der Waals surface area contributed by atoms with Crippen molar-refractivity contribution in [2.24, 2.45) is 0 Å². The zero-order valence-electron chi connectivity index (χ0n) is 10.3. The minimum atomic E-state index is 0.535. The van der Waals surface area contributed by atoms with Crippen LogP contribution in [0, 0.1) is 0 Å². The molecule has 0 radical (unpaired) electrons. The molecule has 0 spiro atoms. The van der Waals surface area contributed by atoms with Gasteiger partial charge in [0.15, 0.2) is 0 Å². The van der Waals surface area contributed by atoms with Gasteiger partial charge < -0.3 is 10.2 Å². The maximum absolute atomic E-state index is 6.17. The molecule has 1 fully saturated rings. The van der Waals surface area contributed by atoms with Gasteiger partial charge in [0.05, 0.1) is 10.0 Å². The molecule has 1 heterocycles. The lowest BCUT2D eigenvalue weighted by atomic mass is 10.1. The van der Waals surface area contributed by atoms with Crippen molar-refractivity contribution in [1.29, 1.82) is 0 Å². The lowest BCUT2D eigenvalue weighted by Crippen LogP contribution is -2.40. The summed E-state index contributed by atoms with van der Waals surface area (Å²) >= 11 is 18.3. The third-order valence-electron chi connectivity index (χ3n) is 3.42. The lowest BCUT2D eigenvalue weighted by molar-refractivity contribution is 0.234. The molecule has 2 rings (SSSR count). The van der Waals surface area contributed by atoms with Gasteiger partial charge in [-0.3, -0.25) is 0 Å². The average molecular weight is 308 g/mol. The smallest absolute Gasteiger partial charge is 0.0652 e. The number of nitrogens with zero attached hydrogens (tertiary/aromatic N) is 1. The van der Waals surface area contributed by atoms with Crippen molar-refractivity contribution >= 4 is 34.8 Å². The standard InChI is InChI=1S/C13H17Cl3N2/c1-18-6-4-9(5-7-18)17-8-10-11(14)2-3-12(15)13(10)16/h2-3,9,17H,4-8H2,1H3. The van der Waals surface area contributed by atoms with E-state index in [1.165, 1.54) is 0 Å². The van der Waals surface area contributed by atoms with E-state index in [1.807, 2.05) is 0 Å². The van der Waals surface area contributed by atoms with Gasteiger partial charge in [-0.15, -0.1) is 0 Å². The molecule has 0 unspecified atom stereocenters. The molecule has 5 heteroatoms. The van der Waals surface area contributed by atoms with Gasteiger partial charge in [-0.05, 0) is 45.1 Å². The molecule has 0 atom stereocenters. The van der Waals surface area contributed by atoms with Crippen molar-refractivity contribution in [2.45, 2.75) is 25.4 Å². The molecule has 1 aromatic rings. The van der Waals surface area contributed by atoms with Crippen molar-refractivity contribution < 1.29 is 0 Å². The average Bonchev–Trinajstić information content (AvgIpc) is 2.36. The molecule has 2 nitrogen and oxygen atoms in total. The van der Waals surface area contributed by atoms with Gasteiger partial charge >= 0.3 is 0 Å². The van der Waals surface area contributed by atoms with E-state index in [2.05, 4.69) is 17.3 Å². The first-order valence-electron chi connectivity index (χ1n) is 6.12. The van der Waals surface area contributed by atoms with Gasteiger partial charge in [-0.1, -0.05) is 34.8 Å². The second kappa shape index (κ2) is 6.44. The van der Waals surface area contributed by atoms with Crippen LogP contribution in [-0.2, 0) is 6.54 Å². The van der Waals surface area contributed by atoms with Crippen molar-refractivity contribution in [1.82, 2.24) is 10.2 Å². The monoisotopic (exact) mass is 306 g/mol. The van der Waals surface area contributed by atoms with Gasteiger partial charge in [-0.2, -0.15) is 0 Å². The van der Waals surface area contributed by atoms with Crippen LogP contribution in [0.25, 0.3) is 0 Å². The summed E-state index contributed by atoms with van der Waals surface area (Å²) in [4.78, 5) is 2.34. The molecule has 1 aliphatic rings. The second-order valence-corrected chi connectivity index (χ2v) is 5.97. The molecule has 1 saturated heterocycles. The molecule has 0 aliphatic carbocycles. The number of nitrogens with one attached hydrogen (secondary N) is 1. The first-order chi connectivity index (χ1) is 8.58. The van der Waals surface area contributed by atoms with Crippen molar-refractivity contribution in [3.8, 4) is 0 Å². The summed E-state index contributed by atoms with van der Waals surface area (Å²) in [6.07, 6.45) is 2.32. The summed E-state index contributed by atoms with van der Waals surface area (Å²) in [6.45, 7) is 2.94. The summed E-state index contributed by atoms with van der Waals surface area (Å²) in [5, 5.41) is 5.30. The Morgan fingerprint density at radius 1 is 1.17 bits per heavy atom. The molecule has 1 N–H and O–H groups in total. The Bertz CT molecular complexity index is 415. The Morgan fingerprint density at radius 3 is 2.44 bits per heavy atom. The maximum Gasteiger partial charge on any atom is 0.0652 e. The number of halogens is 3. The van der Waals surface area contributed by atoms with Crippen LogP contribution >= 0.6 is 34.8 Å². The Kier molecular flexibility index (Phi) is 5.16. The van der Waals surface area contributed by atoms with E-state index in [1.54, 1.807) is 12.1 Å². The summed E-state index contributed by atoms with van der Waals surface area (Å²) in [5.74, 6) is 0. The maximum atomic E-state index is 6.17. The largest absolute Gasteiger partial charge is 0.310 e. The van der Waals surface area contributed by atoms with Crippen molar-refractivity contribution in [3.05, 3.63) is 32.8 Å². The zero-order valence-corrected chi connectivity index (χ0v) is 12.6. The van der Waals surface area contributed by atoms with Crippen molar-refractivity contribution in [2.75, 3.05) is 20.1 Å². The van der Waals surface area contributed by atoms with Crippen LogP contribution in [0.3, 0.4) is 0 Å². The third-order valence-corrected chi connectivity index (χ3v) is 4.62. The highest BCUT2D eigenvalue weighted by Gasteiger charge is 2.17. The Hall–Kier alpha value is 0.01000. The van der Waals surface area contributed by atoms with Gasteiger partial charge in [0, 0.05) is 23.2 Å². The predicted molar refractivity (Wildman–Crippen MR) is 78.8 cm³/mol. The van der Waals surface area contributed by atoms with Gasteiger partial charge in [-0.25, -0.2) is 0 Å². The topological polar surface area (TPSA) is 15.3 Å². The molecule has 18 heavy (non-hydrogen) atoms. The number of hydrogen-bond donors (Lipinski definition) is 1. The fraction of sp³-hybridized carbons (Fsp3) is 0.538. The quantitative estimate of drug-likeness (QED) is 0.854. The fourth-order valence-electron chi connectivity index (χ4n) is 2.19. The minimum Gasteiger partial charge on any atom is -0.310 e. The van der Waals surface area contributed by atoms with Crippen LogP contribution in [0.1, 0.15) is 18.4 Å². The zero-order chi connectivity index (χ0) is 13.1. The molecule has 1 aromatic carbocycles. The van der Waals surface area contributed by atoms with E-state index in [0.29, 0.717) is 27.7 Å². The Morgan fingerprint density at radius 2 is 1.78 bits per heavy atom. The van der Waals surface area contributed by atoms with Gasteiger partial charge in [0.1, 0.15) is 0 Å². The summed E-state index contributed by atoms with van der Waals surface area (Å²) in [7, 11) is 2.15. The Balaban J connectivity index is 1.96. The molecule has 1 aliphatic heterocycles.